The largest absolute Gasteiger partial charge is 0.390 e. The number of ether oxygens (including phenoxy) is 1. The third-order valence-electron chi connectivity index (χ3n) is 1.67. The van der Waals surface area contributed by atoms with Gasteiger partial charge in [0.1, 0.15) is 0 Å². The Morgan fingerprint density at radius 3 is 2.38 bits per heavy atom. The Kier molecular flexibility index (Phi) is 1.29. The maximum atomic E-state index is 9.13. The first-order valence-electron chi connectivity index (χ1n) is 2.95. The molecule has 1 rings (SSSR count). The number of aliphatic hydroxyl groups excluding tert-OH is 1. The molecule has 0 unspecified atom stereocenters. The second-order valence-electron chi connectivity index (χ2n) is 2.76. The molecule has 0 aromatic heterocycles. The minimum atomic E-state index is -0.292. The summed E-state index contributed by atoms with van der Waals surface area (Å²) in [5, 5.41) is 9.13. The van der Waals surface area contributed by atoms with Gasteiger partial charge in [0.15, 0.2) is 0 Å². The zero-order valence-electron chi connectivity index (χ0n) is 5.35. The molecule has 0 bridgehead atoms. The summed E-state index contributed by atoms with van der Waals surface area (Å²) in [6, 6.07) is 0. The average molecular weight is 116 g/mol. The summed E-state index contributed by atoms with van der Waals surface area (Å²) in [4.78, 5) is 0. The molecule has 1 aliphatic heterocycles. The van der Waals surface area contributed by atoms with Gasteiger partial charge in [0.2, 0.25) is 0 Å². The molecule has 0 spiro atoms. The lowest BCUT2D eigenvalue weighted by Gasteiger charge is -2.20. The molecule has 1 heterocycles. The van der Waals surface area contributed by atoms with Crippen molar-refractivity contribution >= 4 is 0 Å². The van der Waals surface area contributed by atoms with E-state index < -0.39 is 0 Å². The van der Waals surface area contributed by atoms with Crippen LogP contribution in [0.15, 0.2) is 0 Å². The van der Waals surface area contributed by atoms with Gasteiger partial charge in [-0.15, -0.1) is 0 Å². The monoisotopic (exact) mass is 116 g/mol. The van der Waals surface area contributed by atoms with E-state index in [1.165, 1.54) is 0 Å². The molecular formula is C6H12O2. The lowest BCUT2D eigenvalue weighted by atomic mass is 10.0. The maximum Gasteiger partial charge on any atom is 0.0885 e. The molecule has 1 aliphatic rings. The van der Waals surface area contributed by atoms with Gasteiger partial charge in [-0.25, -0.2) is 0 Å². The van der Waals surface area contributed by atoms with Crippen LogP contribution in [0.1, 0.15) is 20.3 Å². The fourth-order valence-corrected chi connectivity index (χ4v) is 0.877. The molecule has 0 aromatic carbocycles. The van der Waals surface area contributed by atoms with Gasteiger partial charge in [0.25, 0.3) is 0 Å². The van der Waals surface area contributed by atoms with Gasteiger partial charge in [-0.2, -0.15) is 0 Å². The summed E-state index contributed by atoms with van der Waals surface area (Å²) in [5.74, 6) is 0. The van der Waals surface area contributed by atoms with Gasteiger partial charge >= 0.3 is 0 Å². The molecule has 0 amide bonds. The van der Waals surface area contributed by atoms with Crippen LogP contribution in [0, 0.1) is 0 Å². The summed E-state index contributed by atoms with van der Waals surface area (Å²) in [6.07, 6.45) is 0.523. The SMILES string of the molecule is CC1(C)OCC[C@H]1O. The summed E-state index contributed by atoms with van der Waals surface area (Å²) in [7, 11) is 0. The predicted octanol–water partition coefficient (Wildman–Crippen LogP) is 0.546. The minimum Gasteiger partial charge on any atom is -0.390 e. The van der Waals surface area contributed by atoms with Crippen molar-refractivity contribution in [3.05, 3.63) is 0 Å². The second-order valence-corrected chi connectivity index (χ2v) is 2.76. The highest BCUT2D eigenvalue weighted by atomic mass is 16.5. The van der Waals surface area contributed by atoms with Crippen LogP contribution in [0.25, 0.3) is 0 Å². The maximum absolute atomic E-state index is 9.13. The second kappa shape index (κ2) is 1.71. The van der Waals surface area contributed by atoms with Gasteiger partial charge < -0.3 is 9.84 Å². The van der Waals surface area contributed by atoms with Crippen LogP contribution in [-0.2, 0) is 4.74 Å². The standard InChI is InChI=1S/C6H12O2/c1-6(2)5(7)3-4-8-6/h5,7H,3-4H2,1-2H3/t5-/m1/s1. The first-order chi connectivity index (χ1) is 3.63. The molecule has 1 N–H and O–H groups in total. The van der Waals surface area contributed by atoms with Crippen molar-refractivity contribution in [1.29, 1.82) is 0 Å². The molecule has 1 fully saturated rings. The Morgan fingerprint density at radius 2 is 2.25 bits per heavy atom. The number of hydrogen-bond donors (Lipinski definition) is 1. The Bertz CT molecular complexity index is 88.5. The van der Waals surface area contributed by atoms with Crippen LogP contribution in [0.2, 0.25) is 0 Å². The van der Waals surface area contributed by atoms with Crippen molar-refractivity contribution in [3.63, 3.8) is 0 Å². The zero-order valence-corrected chi connectivity index (χ0v) is 5.35. The van der Waals surface area contributed by atoms with Gasteiger partial charge in [-0.1, -0.05) is 0 Å². The third-order valence-corrected chi connectivity index (χ3v) is 1.67. The van der Waals surface area contributed by atoms with E-state index >= 15 is 0 Å². The third kappa shape index (κ3) is 0.858. The van der Waals surface area contributed by atoms with Crippen LogP contribution in [-0.4, -0.2) is 23.4 Å². The molecule has 0 saturated carbocycles. The molecule has 48 valence electrons. The topological polar surface area (TPSA) is 29.5 Å². The average Bonchev–Trinajstić information content (AvgIpc) is 1.86. The molecule has 2 nitrogen and oxygen atoms in total. The molecule has 1 atom stereocenters. The van der Waals surface area contributed by atoms with Crippen molar-refractivity contribution in [2.45, 2.75) is 32.0 Å². The summed E-state index contributed by atoms with van der Waals surface area (Å²) in [5.41, 5.74) is -0.292. The predicted molar refractivity (Wildman–Crippen MR) is 30.7 cm³/mol. The number of rotatable bonds is 0. The van der Waals surface area contributed by atoms with Crippen molar-refractivity contribution in [2.24, 2.45) is 0 Å². The molecule has 2 heteroatoms. The van der Waals surface area contributed by atoms with E-state index in [2.05, 4.69) is 0 Å². The first-order valence-corrected chi connectivity index (χ1v) is 2.95. The summed E-state index contributed by atoms with van der Waals surface area (Å²) < 4.78 is 5.20. The number of aliphatic hydroxyl groups is 1. The Labute approximate surface area is 49.5 Å². The van der Waals surface area contributed by atoms with E-state index in [4.69, 9.17) is 9.84 Å². The van der Waals surface area contributed by atoms with Crippen LogP contribution in [0.4, 0.5) is 0 Å². The Balaban J connectivity index is 2.54. The highest BCUT2D eigenvalue weighted by Gasteiger charge is 2.33. The van der Waals surface area contributed by atoms with Crippen molar-refractivity contribution < 1.29 is 9.84 Å². The van der Waals surface area contributed by atoms with Crippen LogP contribution < -0.4 is 0 Å². The van der Waals surface area contributed by atoms with Crippen LogP contribution in [0.5, 0.6) is 0 Å². The van der Waals surface area contributed by atoms with E-state index in [-0.39, 0.29) is 11.7 Å². The smallest absolute Gasteiger partial charge is 0.0885 e. The fraction of sp³-hybridized carbons (Fsp3) is 1.00. The zero-order chi connectivity index (χ0) is 6.20. The quantitative estimate of drug-likeness (QED) is 0.500. The molecule has 0 aliphatic carbocycles. The highest BCUT2D eigenvalue weighted by molar-refractivity contribution is 4.83. The summed E-state index contributed by atoms with van der Waals surface area (Å²) in [6.45, 7) is 4.52. The van der Waals surface area contributed by atoms with Gasteiger partial charge in [0, 0.05) is 6.61 Å². The molecule has 0 aromatic rings. The minimum absolute atomic E-state index is 0.262. The van der Waals surface area contributed by atoms with E-state index in [0.29, 0.717) is 6.61 Å². The van der Waals surface area contributed by atoms with Gasteiger partial charge in [-0.3, -0.25) is 0 Å². The highest BCUT2D eigenvalue weighted by Crippen LogP contribution is 2.23. The first kappa shape index (κ1) is 6.05. The molecular weight excluding hydrogens is 104 g/mol. The fourth-order valence-electron chi connectivity index (χ4n) is 0.877. The van der Waals surface area contributed by atoms with E-state index in [1.54, 1.807) is 0 Å². The van der Waals surface area contributed by atoms with Crippen LogP contribution in [0.3, 0.4) is 0 Å². The molecule has 1 saturated heterocycles. The lowest BCUT2D eigenvalue weighted by Crippen LogP contribution is -2.31. The van der Waals surface area contributed by atoms with Crippen LogP contribution >= 0.6 is 0 Å². The lowest BCUT2D eigenvalue weighted by molar-refractivity contribution is -0.0287. The van der Waals surface area contributed by atoms with E-state index in [9.17, 15) is 0 Å². The van der Waals surface area contributed by atoms with Gasteiger partial charge in [-0.05, 0) is 20.3 Å². The normalized spacial score (nSPS) is 35.6. The Morgan fingerprint density at radius 1 is 1.62 bits per heavy atom. The molecule has 8 heavy (non-hydrogen) atoms. The van der Waals surface area contributed by atoms with Crippen molar-refractivity contribution in [1.82, 2.24) is 0 Å². The summed E-state index contributed by atoms with van der Waals surface area (Å²) >= 11 is 0. The van der Waals surface area contributed by atoms with Crippen molar-refractivity contribution in [2.75, 3.05) is 6.61 Å². The molecule has 0 radical (unpaired) electrons. The van der Waals surface area contributed by atoms with E-state index in [1.807, 2.05) is 13.8 Å². The van der Waals surface area contributed by atoms with Gasteiger partial charge in [0.05, 0.1) is 11.7 Å². The van der Waals surface area contributed by atoms with E-state index in [0.717, 1.165) is 6.42 Å². The van der Waals surface area contributed by atoms with Crippen molar-refractivity contribution in [3.8, 4) is 0 Å². The Hall–Kier alpha value is -0.0800. The number of hydrogen-bond acceptors (Lipinski definition) is 2.